The van der Waals surface area contributed by atoms with Crippen molar-refractivity contribution in [3.63, 3.8) is 0 Å². The Bertz CT molecular complexity index is 1170. The molecule has 2 N–H and O–H groups in total. The van der Waals surface area contributed by atoms with Crippen molar-refractivity contribution in [2.45, 2.75) is 57.3 Å². The van der Waals surface area contributed by atoms with Gasteiger partial charge in [0.15, 0.2) is 0 Å². The molecule has 1 aliphatic rings. The number of rotatable bonds is 4. The number of aromatic nitrogens is 3. The van der Waals surface area contributed by atoms with Crippen LogP contribution in [0, 0.1) is 6.92 Å². The summed E-state index contributed by atoms with van der Waals surface area (Å²) in [7, 11) is 0. The van der Waals surface area contributed by atoms with Crippen LogP contribution in [0.3, 0.4) is 0 Å². The van der Waals surface area contributed by atoms with Crippen LogP contribution in [0.15, 0.2) is 41.2 Å². The van der Waals surface area contributed by atoms with Gasteiger partial charge in [-0.25, -0.2) is 4.98 Å². The lowest BCUT2D eigenvalue weighted by Crippen LogP contribution is -2.41. The van der Waals surface area contributed by atoms with Gasteiger partial charge in [0, 0.05) is 23.7 Å². The Morgan fingerprint density at radius 1 is 1.26 bits per heavy atom. The number of halogens is 3. The van der Waals surface area contributed by atoms with Gasteiger partial charge in [-0.15, -0.1) is 0 Å². The topological polar surface area (TPSA) is 79.8 Å². The van der Waals surface area contributed by atoms with Crippen molar-refractivity contribution in [1.29, 1.82) is 0 Å². The number of H-pyrrole nitrogens is 1. The van der Waals surface area contributed by atoms with Crippen LogP contribution in [0.2, 0.25) is 0 Å². The molecule has 0 spiro atoms. The molecule has 1 aliphatic carbocycles. The minimum absolute atomic E-state index is 0.0157. The second kappa shape index (κ2) is 8.20. The number of hydrogen-bond donors (Lipinski definition) is 2. The summed E-state index contributed by atoms with van der Waals surface area (Å²) in [5.41, 5.74) is 0.614. The first-order chi connectivity index (χ1) is 14.7. The average molecular weight is 432 g/mol. The first-order valence-corrected chi connectivity index (χ1v) is 10.2. The number of carbonyl (C=O) groups is 1. The fourth-order valence-corrected chi connectivity index (χ4v) is 4.21. The Balaban J connectivity index is 1.45. The predicted molar refractivity (Wildman–Crippen MR) is 110 cm³/mol. The van der Waals surface area contributed by atoms with Gasteiger partial charge in [0.25, 0.3) is 5.56 Å². The fraction of sp³-hybridized carbons (Fsp3) is 0.409. The van der Waals surface area contributed by atoms with E-state index in [2.05, 4.69) is 15.3 Å². The lowest BCUT2D eigenvalue weighted by molar-refractivity contribution is -0.137. The van der Waals surface area contributed by atoms with Crippen molar-refractivity contribution in [2.75, 3.05) is 0 Å². The van der Waals surface area contributed by atoms with E-state index in [9.17, 15) is 22.8 Å². The van der Waals surface area contributed by atoms with Crippen LogP contribution >= 0.6 is 0 Å². The minimum Gasteiger partial charge on any atom is -0.352 e. The van der Waals surface area contributed by atoms with E-state index < -0.39 is 11.7 Å². The summed E-state index contributed by atoms with van der Waals surface area (Å²) >= 11 is 0. The summed E-state index contributed by atoms with van der Waals surface area (Å²) < 4.78 is 40.3. The molecule has 1 saturated carbocycles. The number of amides is 1. The quantitative estimate of drug-likeness (QED) is 0.656. The SMILES string of the molecule is Cc1cccc(=O)n1CC(=O)N[C@@H]1CCC[C@H](c2nc3cc(C(F)(F)F)ccc3[nH]2)C1. The highest BCUT2D eigenvalue weighted by molar-refractivity contribution is 5.77. The third-order valence-corrected chi connectivity index (χ3v) is 5.82. The van der Waals surface area contributed by atoms with Gasteiger partial charge < -0.3 is 14.9 Å². The lowest BCUT2D eigenvalue weighted by atomic mass is 9.85. The second-order valence-electron chi connectivity index (χ2n) is 8.07. The third kappa shape index (κ3) is 4.65. The van der Waals surface area contributed by atoms with E-state index >= 15 is 0 Å². The zero-order valence-corrected chi connectivity index (χ0v) is 17.0. The minimum atomic E-state index is -4.41. The monoisotopic (exact) mass is 432 g/mol. The number of fused-ring (bicyclic) bond motifs is 1. The summed E-state index contributed by atoms with van der Waals surface area (Å²) in [5.74, 6) is 0.423. The molecule has 9 heteroatoms. The maximum atomic E-state index is 13.0. The fourth-order valence-electron chi connectivity index (χ4n) is 4.21. The maximum Gasteiger partial charge on any atom is 0.416 e. The molecule has 0 radical (unpaired) electrons. The van der Waals surface area contributed by atoms with E-state index in [-0.39, 0.29) is 35.5 Å². The molecule has 3 aromatic rings. The van der Waals surface area contributed by atoms with Gasteiger partial charge >= 0.3 is 6.18 Å². The van der Waals surface area contributed by atoms with Crippen LogP contribution in [-0.2, 0) is 17.5 Å². The summed E-state index contributed by atoms with van der Waals surface area (Å²) in [6.45, 7) is 1.73. The van der Waals surface area contributed by atoms with Crippen LogP contribution < -0.4 is 10.9 Å². The smallest absolute Gasteiger partial charge is 0.352 e. The molecule has 6 nitrogen and oxygen atoms in total. The van der Waals surface area contributed by atoms with E-state index in [0.29, 0.717) is 23.5 Å². The highest BCUT2D eigenvalue weighted by atomic mass is 19.4. The second-order valence-corrected chi connectivity index (χ2v) is 8.07. The zero-order valence-electron chi connectivity index (χ0n) is 17.0. The first-order valence-electron chi connectivity index (χ1n) is 10.2. The number of imidazole rings is 1. The predicted octanol–water partition coefficient (Wildman–Crippen LogP) is 3.89. The van der Waals surface area contributed by atoms with Crippen molar-refractivity contribution in [3.05, 3.63) is 63.8 Å². The molecule has 164 valence electrons. The third-order valence-electron chi connectivity index (χ3n) is 5.82. The highest BCUT2D eigenvalue weighted by Crippen LogP contribution is 2.34. The lowest BCUT2D eigenvalue weighted by Gasteiger charge is -2.28. The summed E-state index contributed by atoms with van der Waals surface area (Å²) in [6, 6.07) is 8.27. The molecule has 2 heterocycles. The highest BCUT2D eigenvalue weighted by Gasteiger charge is 2.31. The Morgan fingerprint density at radius 3 is 2.81 bits per heavy atom. The first kappa shape index (κ1) is 21.1. The Hall–Kier alpha value is -3.10. The number of nitrogens with zero attached hydrogens (tertiary/aromatic N) is 2. The van der Waals surface area contributed by atoms with Crippen LogP contribution in [-0.4, -0.2) is 26.5 Å². The van der Waals surface area contributed by atoms with Crippen LogP contribution in [0.4, 0.5) is 13.2 Å². The van der Waals surface area contributed by atoms with E-state index in [0.717, 1.165) is 31.4 Å². The van der Waals surface area contributed by atoms with E-state index in [1.54, 1.807) is 19.1 Å². The van der Waals surface area contributed by atoms with Crippen LogP contribution in [0.5, 0.6) is 0 Å². The van der Waals surface area contributed by atoms with Crippen LogP contribution in [0.25, 0.3) is 11.0 Å². The van der Waals surface area contributed by atoms with Gasteiger partial charge in [0.05, 0.1) is 16.6 Å². The largest absolute Gasteiger partial charge is 0.416 e. The van der Waals surface area contributed by atoms with Gasteiger partial charge in [-0.3, -0.25) is 9.59 Å². The van der Waals surface area contributed by atoms with Gasteiger partial charge in [0.1, 0.15) is 12.4 Å². The molecule has 0 unspecified atom stereocenters. The Morgan fingerprint density at radius 2 is 2.06 bits per heavy atom. The van der Waals surface area contributed by atoms with E-state index in [4.69, 9.17) is 0 Å². The van der Waals surface area contributed by atoms with Crippen molar-refractivity contribution in [1.82, 2.24) is 19.9 Å². The molecule has 0 bridgehead atoms. The molecule has 0 aliphatic heterocycles. The number of aromatic amines is 1. The molecular formula is C22H23F3N4O2. The number of aryl methyl sites for hydroxylation is 1. The van der Waals surface area contributed by atoms with Gasteiger partial charge in [-0.05, 0) is 50.5 Å². The van der Waals surface area contributed by atoms with Crippen molar-refractivity contribution >= 4 is 16.9 Å². The van der Waals surface area contributed by atoms with E-state index in [1.165, 1.54) is 16.7 Å². The Labute approximate surface area is 176 Å². The molecule has 1 fully saturated rings. The van der Waals surface area contributed by atoms with Crippen LogP contribution in [0.1, 0.15) is 48.7 Å². The molecule has 1 amide bonds. The molecular weight excluding hydrogens is 409 g/mol. The molecule has 0 saturated heterocycles. The van der Waals surface area contributed by atoms with Crippen molar-refractivity contribution in [3.8, 4) is 0 Å². The number of pyridine rings is 1. The standard InChI is InChI=1S/C22H23F3N4O2/c1-13-4-2-7-20(31)29(13)12-19(30)26-16-6-3-5-14(10-16)21-27-17-9-8-15(22(23,24)25)11-18(17)28-21/h2,4,7-9,11,14,16H,3,5-6,10,12H2,1H3,(H,26,30)(H,27,28)/t14-,16+/m0/s1. The zero-order chi connectivity index (χ0) is 22.2. The summed E-state index contributed by atoms with van der Waals surface area (Å²) in [4.78, 5) is 32.0. The summed E-state index contributed by atoms with van der Waals surface area (Å²) in [6.07, 6.45) is -1.25. The van der Waals surface area contributed by atoms with Gasteiger partial charge in [0.2, 0.25) is 5.91 Å². The Kier molecular flexibility index (Phi) is 5.60. The van der Waals surface area contributed by atoms with E-state index in [1.807, 2.05) is 0 Å². The number of alkyl halides is 3. The number of benzene rings is 1. The average Bonchev–Trinajstić information content (AvgIpc) is 3.14. The normalized spacial score (nSPS) is 19.5. The molecule has 1 aromatic carbocycles. The number of hydrogen-bond acceptors (Lipinski definition) is 3. The maximum absolute atomic E-state index is 13.0. The summed E-state index contributed by atoms with van der Waals surface area (Å²) in [5, 5.41) is 3.00. The molecule has 2 atom stereocenters. The number of nitrogens with one attached hydrogen (secondary N) is 2. The number of carbonyl (C=O) groups excluding carboxylic acids is 1. The molecule has 31 heavy (non-hydrogen) atoms. The van der Waals surface area contributed by atoms with Gasteiger partial charge in [-0.2, -0.15) is 13.2 Å². The van der Waals surface area contributed by atoms with Gasteiger partial charge in [-0.1, -0.05) is 12.5 Å². The molecule has 4 rings (SSSR count). The molecule has 2 aromatic heterocycles. The van der Waals surface area contributed by atoms with Crippen molar-refractivity contribution < 1.29 is 18.0 Å². The van der Waals surface area contributed by atoms with Crippen molar-refractivity contribution in [2.24, 2.45) is 0 Å².